The molecular formula is C26H25N3O5. The molecule has 0 spiro atoms. The van der Waals surface area contributed by atoms with Crippen LogP contribution in [-0.2, 0) is 11.2 Å². The van der Waals surface area contributed by atoms with Gasteiger partial charge >= 0.3 is 6.09 Å². The van der Waals surface area contributed by atoms with Gasteiger partial charge in [0.15, 0.2) is 5.60 Å². The third kappa shape index (κ3) is 3.51. The molecule has 0 bridgehead atoms. The molecule has 2 aliphatic rings. The van der Waals surface area contributed by atoms with Crippen molar-refractivity contribution in [2.45, 2.75) is 30.0 Å². The van der Waals surface area contributed by atoms with Crippen LogP contribution in [0, 0.1) is 11.3 Å². The highest BCUT2D eigenvalue weighted by Crippen LogP contribution is 2.67. The third-order valence-corrected chi connectivity index (χ3v) is 6.54. The second-order valence-corrected chi connectivity index (χ2v) is 8.16. The number of nitriles is 1. The van der Waals surface area contributed by atoms with Crippen LogP contribution < -0.4 is 14.8 Å². The van der Waals surface area contributed by atoms with Crippen LogP contribution in [0.4, 0.5) is 4.79 Å². The predicted octanol–water partition coefficient (Wildman–Crippen LogP) is 3.90. The fourth-order valence-corrected chi connectivity index (χ4v) is 5.11. The van der Waals surface area contributed by atoms with Gasteiger partial charge in [-0.15, -0.1) is 0 Å². The quantitative estimate of drug-likeness (QED) is 0.542. The van der Waals surface area contributed by atoms with Crippen LogP contribution in [0.25, 0.3) is 0 Å². The topological polar surface area (TPSA) is 125 Å². The molecule has 3 aromatic rings. The number of methoxy groups -OCH3 is 1. The number of nitrogens with one attached hydrogen (secondary N) is 1. The second-order valence-electron chi connectivity index (χ2n) is 8.16. The molecule has 1 aliphatic heterocycles. The van der Waals surface area contributed by atoms with Gasteiger partial charge in [0.25, 0.3) is 0 Å². The number of amides is 1. The molecule has 1 aromatic heterocycles. The Morgan fingerprint density at radius 1 is 1.21 bits per heavy atom. The lowest BCUT2D eigenvalue weighted by atomic mass is 9.71. The van der Waals surface area contributed by atoms with Crippen molar-refractivity contribution in [3.05, 3.63) is 89.2 Å². The highest BCUT2D eigenvalue weighted by molar-refractivity contribution is 5.63. The van der Waals surface area contributed by atoms with E-state index in [1.54, 1.807) is 31.6 Å². The molecule has 0 saturated heterocycles. The van der Waals surface area contributed by atoms with E-state index in [0.717, 1.165) is 17.5 Å². The highest BCUT2D eigenvalue weighted by atomic mass is 16.5. The van der Waals surface area contributed by atoms with Crippen molar-refractivity contribution in [3.63, 3.8) is 0 Å². The first-order valence-corrected chi connectivity index (χ1v) is 10.8. The number of aliphatic hydroxyl groups is 1. The molecule has 34 heavy (non-hydrogen) atoms. The molecule has 174 valence electrons. The normalized spacial score (nSPS) is 23.9. The van der Waals surface area contributed by atoms with Gasteiger partial charge in [-0.3, -0.25) is 4.98 Å². The van der Waals surface area contributed by atoms with E-state index in [4.69, 9.17) is 14.6 Å². The van der Waals surface area contributed by atoms with Gasteiger partial charge in [0.2, 0.25) is 0 Å². The number of benzene rings is 2. The van der Waals surface area contributed by atoms with Crippen LogP contribution >= 0.6 is 0 Å². The number of rotatable bonds is 3. The van der Waals surface area contributed by atoms with E-state index in [2.05, 4.69) is 23.2 Å². The largest absolute Gasteiger partial charge is 0.495 e. The summed E-state index contributed by atoms with van der Waals surface area (Å²) in [5, 5.41) is 30.9. The number of aromatic nitrogens is 1. The minimum atomic E-state index is -1.27. The molecule has 1 amide bonds. The fourth-order valence-electron chi connectivity index (χ4n) is 5.11. The number of ether oxygens (including phenoxy) is 2. The average molecular weight is 460 g/mol. The molecule has 1 aliphatic carbocycles. The van der Waals surface area contributed by atoms with Crippen LogP contribution in [-0.4, -0.2) is 35.4 Å². The Hall–Kier alpha value is -4.09. The minimum Gasteiger partial charge on any atom is -0.495 e. The predicted molar refractivity (Wildman–Crippen MR) is 124 cm³/mol. The average Bonchev–Trinajstić information content (AvgIpc) is 3.32. The Morgan fingerprint density at radius 3 is 2.47 bits per heavy atom. The Bertz CT molecular complexity index is 1230. The van der Waals surface area contributed by atoms with Crippen molar-refractivity contribution in [2.75, 3.05) is 14.2 Å². The summed E-state index contributed by atoms with van der Waals surface area (Å²) in [7, 11) is 2.92. The van der Waals surface area contributed by atoms with Crippen molar-refractivity contribution >= 4 is 6.09 Å². The summed E-state index contributed by atoms with van der Waals surface area (Å²) >= 11 is 0. The second kappa shape index (κ2) is 9.04. The van der Waals surface area contributed by atoms with Crippen LogP contribution in [0.15, 0.2) is 67.0 Å². The first-order chi connectivity index (χ1) is 16.4. The lowest BCUT2D eigenvalue weighted by molar-refractivity contribution is -0.106. The van der Waals surface area contributed by atoms with E-state index >= 15 is 0 Å². The lowest BCUT2D eigenvalue weighted by Gasteiger charge is -2.40. The maximum Gasteiger partial charge on any atom is 0.404 e. The van der Waals surface area contributed by atoms with Crippen LogP contribution in [0.2, 0.25) is 0 Å². The number of pyridine rings is 1. The highest BCUT2D eigenvalue weighted by Gasteiger charge is 2.69. The van der Waals surface area contributed by atoms with Crippen molar-refractivity contribution in [1.82, 2.24) is 10.3 Å². The van der Waals surface area contributed by atoms with Crippen molar-refractivity contribution in [1.29, 1.82) is 5.26 Å². The maximum absolute atomic E-state index is 12.2. The molecule has 0 radical (unpaired) electrons. The molecule has 2 heterocycles. The first kappa shape index (κ1) is 23.1. The Balaban J connectivity index is 0.000000499. The van der Waals surface area contributed by atoms with Gasteiger partial charge in [-0.05, 0) is 36.1 Å². The molecular weight excluding hydrogens is 434 g/mol. The number of carbonyl (C=O) groups is 1. The van der Waals surface area contributed by atoms with Gasteiger partial charge in [0, 0.05) is 13.0 Å². The molecule has 2 aromatic carbocycles. The number of carboxylic acid groups (broad SMARTS) is 1. The van der Waals surface area contributed by atoms with Gasteiger partial charge in [-0.1, -0.05) is 42.5 Å². The molecule has 8 nitrogen and oxygen atoms in total. The zero-order chi connectivity index (χ0) is 24.3. The standard InChI is InChI=1S/C24H20N2O3.C2H5NO2/c1-28-20-14-26-15-21-22(20)23(27)12-11-19(17-5-3-2-4-6-17)24(23,29-21)18-9-7-16(13-25)8-10-18;1-3-2(4)5/h2-10,14-15,19,27H,11-12H2,1H3;3H,1H3,(H,4,5). The first-order valence-electron chi connectivity index (χ1n) is 10.8. The van der Waals surface area contributed by atoms with E-state index in [1.165, 1.54) is 7.05 Å². The Kier molecular flexibility index (Phi) is 6.14. The van der Waals surface area contributed by atoms with E-state index in [9.17, 15) is 15.2 Å². The third-order valence-electron chi connectivity index (χ3n) is 6.54. The van der Waals surface area contributed by atoms with Crippen LogP contribution in [0.3, 0.4) is 0 Å². The van der Waals surface area contributed by atoms with Gasteiger partial charge in [-0.2, -0.15) is 5.26 Å². The smallest absolute Gasteiger partial charge is 0.404 e. The number of fused-ring (bicyclic) bond motifs is 3. The summed E-state index contributed by atoms with van der Waals surface area (Å²) in [4.78, 5) is 13.5. The molecule has 8 heteroatoms. The van der Waals surface area contributed by atoms with Crippen molar-refractivity contribution in [2.24, 2.45) is 0 Å². The summed E-state index contributed by atoms with van der Waals surface area (Å²) in [5.41, 5.74) is 0.860. The molecule has 1 fully saturated rings. The summed E-state index contributed by atoms with van der Waals surface area (Å²) in [6.07, 6.45) is 3.54. The van der Waals surface area contributed by atoms with Gasteiger partial charge in [-0.25, -0.2) is 4.79 Å². The maximum atomic E-state index is 12.2. The Morgan fingerprint density at radius 2 is 1.88 bits per heavy atom. The monoisotopic (exact) mass is 459 g/mol. The van der Waals surface area contributed by atoms with Gasteiger partial charge in [0.05, 0.1) is 36.7 Å². The van der Waals surface area contributed by atoms with Crippen LogP contribution in [0.5, 0.6) is 11.5 Å². The van der Waals surface area contributed by atoms with Gasteiger partial charge in [0.1, 0.15) is 17.1 Å². The summed E-state index contributed by atoms with van der Waals surface area (Å²) in [5.74, 6) is 0.991. The van der Waals surface area contributed by atoms with E-state index < -0.39 is 17.3 Å². The molecule has 3 atom stereocenters. The summed E-state index contributed by atoms with van der Waals surface area (Å²) in [6.45, 7) is 0. The van der Waals surface area contributed by atoms with E-state index in [0.29, 0.717) is 29.0 Å². The SMILES string of the molecule is CNC(=O)O.COc1cncc2c1C1(O)CCC(c3ccccc3)C1(c1ccc(C#N)cc1)O2. The molecule has 1 saturated carbocycles. The number of hydrogen-bond acceptors (Lipinski definition) is 6. The summed E-state index contributed by atoms with van der Waals surface area (Å²) < 4.78 is 12.2. The number of hydrogen-bond donors (Lipinski definition) is 3. The van der Waals surface area contributed by atoms with Crippen molar-refractivity contribution < 1.29 is 24.5 Å². The minimum absolute atomic E-state index is 0.0706. The van der Waals surface area contributed by atoms with Crippen LogP contribution in [0.1, 0.15) is 41.0 Å². The van der Waals surface area contributed by atoms with Gasteiger partial charge < -0.3 is 25.0 Å². The molecule has 3 N–H and O–H groups in total. The molecule has 3 unspecified atom stereocenters. The van der Waals surface area contributed by atoms with Crippen molar-refractivity contribution in [3.8, 4) is 17.6 Å². The fraction of sp³-hybridized carbons (Fsp3) is 0.269. The molecule has 5 rings (SSSR count). The zero-order valence-corrected chi connectivity index (χ0v) is 18.9. The summed E-state index contributed by atoms with van der Waals surface area (Å²) in [6, 6.07) is 19.6. The zero-order valence-electron chi connectivity index (χ0n) is 18.9. The van der Waals surface area contributed by atoms with E-state index in [-0.39, 0.29) is 5.92 Å². The lowest BCUT2D eigenvalue weighted by Crippen LogP contribution is -2.48. The Labute approximate surface area is 197 Å². The van der Waals surface area contributed by atoms with E-state index in [1.807, 2.05) is 35.6 Å². The number of nitrogens with zero attached hydrogens (tertiary/aromatic N) is 2.